The third kappa shape index (κ3) is 9.34. The Bertz CT molecular complexity index is 2520. The van der Waals surface area contributed by atoms with Crippen molar-refractivity contribution in [1.82, 2.24) is 40.5 Å². The molecular formula is C49H59N11O6. The van der Waals surface area contributed by atoms with Gasteiger partial charge in [-0.1, -0.05) is 49.0 Å². The number of ether oxygens (including phenoxy) is 2. The van der Waals surface area contributed by atoms with Gasteiger partial charge in [-0.05, 0) is 94.2 Å². The van der Waals surface area contributed by atoms with Crippen LogP contribution < -0.4 is 30.5 Å². The van der Waals surface area contributed by atoms with Gasteiger partial charge in [0.05, 0.1) is 37.8 Å². The minimum atomic E-state index is -0.646. The van der Waals surface area contributed by atoms with E-state index in [0.29, 0.717) is 62.3 Å². The van der Waals surface area contributed by atoms with E-state index in [0.717, 1.165) is 104 Å². The lowest BCUT2D eigenvalue weighted by atomic mass is 9.91. The van der Waals surface area contributed by atoms with Crippen molar-refractivity contribution in [2.75, 3.05) is 49.0 Å². The number of aromatic nitrogens is 5. The molecule has 2 aromatic carbocycles. The molecule has 346 valence electrons. The molecule has 9 rings (SSSR count). The maximum atomic E-state index is 13.3. The van der Waals surface area contributed by atoms with E-state index < -0.39 is 11.9 Å². The van der Waals surface area contributed by atoms with E-state index in [4.69, 9.17) is 14.5 Å². The smallest absolute Gasteiger partial charge is 0.255 e. The number of carbonyl (C=O) groups is 4. The Labute approximate surface area is 385 Å². The molecule has 5 heterocycles. The zero-order chi connectivity index (χ0) is 45.7. The van der Waals surface area contributed by atoms with Crippen molar-refractivity contribution in [3.8, 4) is 28.8 Å². The number of benzene rings is 2. The Kier molecular flexibility index (Phi) is 13.6. The van der Waals surface area contributed by atoms with Crippen molar-refractivity contribution in [3.05, 3.63) is 65.5 Å². The number of piperidine rings is 1. The largest absolute Gasteiger partial charge is 0.495 e. The Hall–Kier alpha value is -6.38. The normalized spacial score (nSPS) is 22.0. The van der Waals surface area contributed by atoms with Gasteiger partial charge >= 0.3 is 0 Å². The van der Waals surface area contributed by atoms with Crippen LogP contribution in [-0.4, -0.2) is 112 Å². The summed E-state index contributed by atoms with van der Waals surface area (Å²) in [7, 11) is 3.45. The average Bonchev–Trinajstić information content (AvgIpc) is 4.12. The van der Waals surface area contributed by atoms with Crippen LogP contribution in [0.4, 0.5) is 23.1 Å². The van der Waals surface area contributed by atoms with Crippen molar-refractivity contribution < 1.29 is 28.7 Å². The lowest BCUT2D eigenvalue weighted by molar-refractivity contribution is -0.137. The zero-order valence-electron chi connectivity index (χ0n) is 38.1. The number of rotatable bonds is 15. The minimum absolute atomic E-state index is 0.0888. The molecule has 3 fully saturated rings. The first-order valence-corrected chi connectivity index (χ1v) is 23.6. The van der Waals surface area contributed by atoms with Gasteiger partial charge in [0.2, 0.25) is 23.7 Å². The molecule has 3 aliphatic heterocycles. The predicted molar refractivity (Wildman–Crippen MR) is 248 cm³/mol. The van der Waals surface area contributed by atoms with Gasteiger partial charge in [-0.2, -0.15) is 4.98 Å². The summed E-state index contributed by atoms with van der Waals surface area (Å²) in [5, 5.41) is 18.5. The fourth-order valence-electron chi connectivity index (χ4n) is 10.2. The van der Waals surface area contributed by atoms with Crippen molar-refractivity contribution >= 4 is 46.8 Å². The second-order valence-corrected chi connectivity index (χ2v) is 17.9. The molecule has 2 aromatic heterocycles. The van der Waals surface area contributed by atoms with E-state index in [2.05, 4.69) is 54.9 Å². The molecule has 4 amide bonds. The van der Waals surface area contributed by atoms with Crippen LogP contribution in [0.15, 0.2) is 48.8 Å². The molecule has 0 radical (unpaired) electrons. The van der Waals surface area contributed by atoms with E-state index in [9.17, 15) is 19.2 Å². The first kappa shape index (κ1) is 44.8. The fourth-order valence-corrected chi connectivity index (χ4v) is 10.2. The summed E-state index contributed by atoms with van der Waals surface area (Å²) >= 11 is 0. The second-order valence-electron chi connectivity index (χ2n) is 17.9. The summed E-state index contributed by atoms with van der Waals surface area (Å²) in [4.78, 5) is 65.5. The number of nitrogens with zero attached hydrogens (tertiary/aromatic N) is 8. The molecule has 2 aliphatic carbocycles. The van der Waals surface area contributed by atoms with Gasteiger partial charge in [0, 0.05) is 61.8 Å². The van der Waals surface area contributed by atoms with Gasteiger partial charge in [-0.25, -0.2) is 9.67 Å². The van der Waals surface area contributed by atoms with Gasteiger partial charge in [0.15, 0.2) is 5.82 Å². The summed E-state index contributed by atoms with van der Waals surface area (Å²) in [6.45, 7) is 4.42. The van der Waals surface area contributed by atoms with Crippen LogP contribution in [-0.2, 0) is 25.7 Å². The van der Waals surface area contributed by atoms with Gasteiger partial charge in [-0.3, -0.25) is 24.5 Å². The van der Waals surface area contributed by atoms with E-state index in [1.165, 1.54) is 0 Å². The minimum Gasteiger partial charge on any atom is -0.495 e. The summed E-state index contributed by atoms with van der Waals surface area (Å²) in [6, 6.07) is 11.5. The third-order valence-corrected chi connectivity index (χ3v) is 13.8. The van der Waals surface area contributed by atoms with Crippen LogP contribution in [0.1, 0.15) is 118 Å². The Balaban J connectivity index is 0.707. The van der Waals surface area contributed by atoms with E-state index in [1.54, 1.807) is 29.2 Å². The average molecular weight is 898 g/mol. The van der Waals surface area contributed by atoms with Crippen molar-refractivity contribution in [1.29, 1.82) is 0 Å². The highest BCUT2D eigenvalue weighted by Gasteiger charge is 2.42. The van der Waals surface area contributed by atoms with E-state index in [-0.39, 0.29) is 42.3 Å². The highest BCUT2D eigenvalue weighted by Crippen LogP contribution is 2.41. The van der Waals surface area contributed by atoms with Crippen LogP contribution in [0.3, 0.4) is 0 Å². The molecule has 3 N–H and O–H groups in total. The molecule has 0 spiro atoms. The number of anilines is 4. The number of carbonyl (C=O) groups excluding carboxylic acids is 4. The van der Waals surface area contributed by atoms with E-state index in [1.807, 2.05) is 48.3 Å². The number of imide groups is 1. The number of amides is 4. The fraction of sp³-hybridized carbons (Fsp3) is 0.510. The summed E-state index contributed by atoms with van der Waals surface area (Å²) in [5.74, 6) is 7.43. The lowest BCUT2D eigenvalue weighted by Crippen LogP contribution is -2.55. The summed E-state index contributed by atoms with van der Waals surface area (Å²) < 4.78 is 13.7. The first-order chi connectivity index (χ1) is 32.2. The van der Waals surface area contributed by atoms with Crippen molar-refractivity contribution in [2.24, 2.45) is 0 Å². The zero-order valence-corrected chi connectivity index (χ0v) is 38.1. The van der Waals surface area contributed by atoms with E-state index >= 15 is 0 Å². The number of likely N-dealkylation sites (N-methyl/N-ethyl adjacent to an activating group) is 1. The molecule has 17 heteroatoms. The maximum absolute atomic E-state index is 13.3. The highest BCUT2D eigenvalue weighted by atomic mass is 16.5. The molecule has 5 aliphatic rings. The van der Waals surface area contributed by atoms with Crippen LogP contribution in [0.25, 0.3) is 11.3 Å². The molecule has 66 heavy (non-hydrogen) atoms. The molecule has 1 saturated heterocycles. The number of fused-ring (bicyclic) bond motifs is 2. The molecule has 17 nitrogen and oxygen atoms in total. The second kappa shape index (κ2) is 20.0. The van der Waals surface area contributed by atoms with Crippen LogP contribution in [0.2, 0.25) is 0 Å². The van der Waals surface area contributed by atoms with Gasteiger partial charge in [0.1, 0.15) is 29.2 Å². The number of methoxy groups -OCH3 is 1. The monoisotopic (exact) mass is 897 g/mol. The number of hydrogen-bond donors (Lipinski definition) is 3. The Morgan fingerprint density at radius 2 is 1.80 bits per heavy atom. The van der Waals surface area contributed by atoms with Crippen molar-refractivity contribution in [2.45, 2.75) is 127 Å². The maximum Gasteiger partial charge on any atom is 0.255 e. The van der Waals surface area contributed by atoms with Crippen LogP contribution in [0.5, 0.6) is 5.75 Å². The standard InChI is InChI=1S/C49H59N11O6/c1-4-40-48(64)57(2)42-28-51-49(54-45(42)60(40)35-13-5-6-14-35)52-38-21-16-32(27-43(38)65-3)39-30-59(56-55-39)34-19-17-33(18-20-34)50-24-10-26-66-25-8-7-11-31-12-9-15-36-37(31)29-58(47(36)63)41-22-23-44(61)53-46(41)62/h9,12,15-16,21,27-28,30,33-35,40-41,50H,4-6,8,10,13-14,17-20,22-26,29H2,1-3H3,(H,51,52,54)(H,53,61,62)/t33?,34?,40-,41?/m1/s1. The van der Waals surface area contributed by atoms with Gasteiger partial charge in [0.25, 0.3) is 5.91 Å². The Morgan fingerprint density at radius 1 is 0.970 bits per heavy atom. The first-order valence-electron chi connectivity index (χ1n) is 23.6. The van der Waals surface area contributed by atoms with Gasteiger partial charge < -0.3 is 34.8 Å². The predicted octanol–water partition coefficient (Wildman–Crippen LogP) is 5.67. The highest BCUT2D eigenvalue weighted by molar-refractivity contribution is 6.06. The molecule has 2 atom stereocenters. The third-order valence-electron chi connectivity index (χ3n) is 13.8. The molecule has 2 saturated carbocycles. The number of hydrogen-bond acceptors (Lipinski definition) is 13. The summed E-state index contributed by atoms with van der Waals surface area (Å²) in [6.07, 6.45) is 15.1. The molecule has 4 aromatic rings. The lowest BCUT2D eigenvalue weighted by Gasteiger charge is -2.43. The molecule has 0 bridgehead atoms. The SMILES string of the molecule is CC[C@@H]1C(=O)N(C)c2cnc(Nc3ccc(-c4cn(C5CCC(NCCCOCCC#Cc6cccc7c6CN(C6CCC(=O)NC6=O)C7=O)CC5)nn4)cc3OC)nc2N1C1CCCC1. The van der Waals surface area contributed by atoms with Gasteiger partial charge in [-0.15, -0.1) is 5.10 Å². The molecule has 1 unspecified atom stereocenters. The quantitative estimate of drug-likeness (QED) is 0.0753. The van der Waals surface area contributed by atoms with Crippen LogP contribution >= 0.6 is 0 Å². The number of nitrogens with one attached hydrogen (secondary N) is 3. The molecular weight excluding hydrogens is 839 g/mol. The van der Waals surface area contributed by atoms with Crippen LogP contribution in [0, 0.1) is 11.8 Å². The summed E-state index contributed by atoms with van der Waals surface area (Å²) in [5.41, 5.74) is 5.31. The topological polar surface area (TPSA) is 189 Å². The van der Waals surface area contributed by atoms with Crippen molar-refractivity contribution in [3.63, 3.8) is 0 Å². The Morgan fingerprint density at radius 3 is 2.59 bits per heavy atom.